The summed E-state index contributed by atoms with van der Waals surface area (Å²) in [6, 6.07) is 0.551. The number of likely N-dealkylation sites (N-methyl/N-ethyl adjacent to an activating group) is 2. The van der Waals surface area contributed by atoms with Crippen LogP contribution in [0.25, 0.3) is 0 Å². The summed E-state index contributed by atoms with van der Waals surface area (Å²) < 4.78 is 0. The average Bonchev–Trinajstić information content (AvgIpc) is 2.92. The van der Waals surface area contributed by atoms with Gasteiger partial charge in [-0.1, -0.05) is 0 Å². The van der Waals surface area contributed by atoms with E-state index in [1.165, 1.54) is 19.4 Å². The smallest absolute Gasteiger partial charge is 0.193 e. The summed E-state index contributed by atoms with van der Waals surface area (Å²) in [4.78, 5) is 12.1. The molecule has 0 aromatic rings. The fourth-order valence-corrected chi connectivity index (χ4v) is 2.85. The van der Waals surface area contributed by atoms with Crippen molar-refractivity contribution >= 4 is 5.96 Å². The molecule has 0 saturated carbocycles. The van der Waals surface area contributed by atoms with Crippen molar-refractivity contribution in [1.82, 2.24) is 20.0 Å². The molecule has 0 spiro atoms. The predicted molar refractivity (Wildman–Crippen MR) is 80.7 cm³/mol. The molecule has 19 heavy (non-hydrogen) atoms. The molecular weight excluding hydrogens is 238 g/mol. The Bertz CT molecular complexity index is 298. The van der Waals surface area contributed by atoms with Crippen molar-refractivity contribution in [3.8, 4) is 0 Å². The number of piperazine rings is 1. The minimum atomic E-state index is 0.551. The average molecular weight is 267 g/mol. The third-order valence-corrected chi connectivity index (χ3v) is 4.17. The summed E-state index contributed by atoms with van der Waals surface area (Å²) in [5, 5.41) is 3.43. The van der Waals surface area contributed by atoms with Crippen LogP contribution in [0.3, 0.4) is 0 Å². The van der Waals surface area contributed by atoms with E-state index in [0.29, 0.717) is 6.04 Å². The maximum atomic E-state index is 4.87. The summed E-state index contributed by atoms with van der Waals surface area (Å²) in [5.74, 6) is 1.11. The van der Waals surface area contributed by atoms with Crippen molar-refractivity contribution in [3.05, 3.63) is 0 Å². The molecule has 2 aliphatic rings. The summed E-state index contributed by atoms with van der Waals surface area (Å²) in [7, 11) is 4.42. The first-order valence-corrected chi connectivity index (χ1v) is 7.62. The zero-order chi connectivity index (χ0) is 13.7. The second-order valence-electron chi connectivity index (χ2n) is 5.79. The van der Waals surface area contributed by atoms with Crippen LogP contribution in [0.1, 0.15) is 19.8 Å². The predicted octanol–water partition coefficient (Wildman–Crippen LogP) is 0.294. The van der Waals surface area contributed by atoms with Gasteiger partial charge >= 0.3 is 0 Å². The molecule has 0 aliphatic carbocycles. The van der Waals surface area contributed by atoms with Crippen molar-refractivity contribution in [1.29, 1.82) is 0 Å². The molecule has 1 atom stereocenters. The number of nitrogens with one attached hydrogen (secondary N) is 1. The Hall–Kier alpha value is -0.810. The van der Waals surface area contributed by atoms with Crippen LogP contribution in [-0.4, -0.2) is 86.6 Å². The lowest BCUT2D eigenvalue weighted by molar-refractivity contribution is 0.119. The van der Waals surface area contributed by atoms with Crippen LogP contribution in [-0.2, 0) is 0 Å². The first-order valence-electron chi connectivity index (χ1n) is 7.62. The highest BCUT2D eigenvalue weighted by Crippen LogP contribution is 2.09. The first kappa shape index (κ1) is 14.6. The standard InChI is InChI=1S/C14H29N5/c1-4-15-14(19-7-5-6-8-19)16-11-13-12-17(2)9-10-18(13)3/h13H,4-12H2,1-3H3,(H,15,16). The number of guanidine groups is 1. The highest BCUT2D eigenvalue weighted by atomic mass is 15.3. The molecule has 2 rings (SSSR count). The molecule has 0 radical (unpaired) electrons. The molecule has 2 aliphatic heterocycles. The molecule has 2 saturated heterocycles. The van der Waals surface area contributed by atoms with E-state index < -0.39 is 0 Å². The van der Waals surface area contributed by atoms with Crippen molar-refractivity contribution in [2.75, 3.05) is 59.9 Å². The number of hydrogen-bond donors (Lipinski definition) is 1. The third kappa shape index (κ3) is 4.08. The van der Waals surface area contributed by atoms with E-state index in [1.54, 1.807) is 0 Å². The second kappa shape index (κ2) is 7.10. The Morgan fingerprint density at radius 2 is 1.89 bits per heavy atom. The van der Waals surface area contributed by atoms with Crippen LogP contribution < -0.4 is 5.32 Å². The zero-order valence-electron chi connectivity index (χ0n) is 12.7. The van der Waals surface area contributed by atoms with E-state index in [0.717, 1.165) is 45.2 Å². The van der Waals surface area contributed by atoms with Gasteiger partial charge in [0.1, 0.15) is 0 Å². The minimum absolute atomic E-state index is 0.551. The molecule has 1 unspecified atom stereocenters. The Morgan fingerprint density at radius 1 is 1.16 bits per heavy atom. The fraction of sp³-hybridized carbons (Fsp3) is 0.929. The van der Waals surface area contributed by atoms with E-state index in [4.69, 9.17) is 4.99 Å². The number of hydrogen-bond acceptors (Lipinski definition) is 3. The fourth-order valence-electron chi connectivity index (χ4n) is 2.85. The molecule has 2 fully saturated rings. The molecule has 1 N–H and O–H groups in total. The van der Waals surface area contributed by atoms with Gasteiger partial charge in [0.05, 0.1) is 6.54 Å². The summed E-state index contributed by atoms with van der Waals surface area (Å²) in [6.45, 7) is 9.76. The van der Waals surface area contributed by atoms with Crippen LogP contribution in [0.2, 0.25) is 0 Å². The quantitative estimate of drug-likeness (QED) is 0.589. The van der Waals surface area contributed by atoms with E-state index in [2.05, 4.69) is 41.0 Å². The Morgan fingerprint density at radius 3 is 2.58 bits per heavy atom. The zero-order valence-corrected chi connectivity index (χ0v) is 12.7. The lowest BCUT2D eigenvalue weighted by Crippen LogP contribution is -2.51. The lowest BCUT2D eigenvalue weighted by atomic mass is 10.2. The monoisotopic (exact) mass is 267 g/mol. The maximum absolute atomic E-state index is 4.87. The van der Waals surface area contributed by atoms with E-state index in [1.807, 2.05) is 0 Å². The normalized spacial score (nSPS) is 27.0. The van der Waals surface area contributed by atoms with Gasteiger partial charge in [0.15, 0.2) is 5.96 Å². The van der Waals surface area contributed by atoms with E-state index >= 15 is 0 Å². The third-order valence-electron chi connectivity index (χ3n) is 4.17. The van der Waals surface area contributed by atoms with Crippen LogP contribution in [0, 0.1) is 0 Å². The first-order chi connectivity index (χ1) is 9.20. The van der Waals surface area contributed by atoms with Gasteiger partial charge in [-0.05, 0) is 33.9 Å². The van der Waals surface area contributed by atoms with Crippen molar-refractivity contribution in [2.45, 2.75) is 25.8 Å². The highest BCUT2D eigenvalue weighted by Gasteiger charge is 2.22. The molecule has 0 bridgehead atoms. The second-order valence-corrected chi connectivity index (χ2v) is 5.79. The number of nitrogens with zero attached hydrogens (tertiary/aromatic N) is 4. The largest absolute Gasteiger partial charge is 0.357 e. The molecular formula is C14H29N5. The molecule has 0 aromatic carbocycles. The van der Waals surface area contributed by atoms with Crippen LogP contribution in [0.4, 0.5) is 0 Å². The van der Waals surface area contributed by atoms with E-state index in [9.17, 15) is 0 Å². The van der Waals surface area contributed by atoms with Gasteiger partial charge in [-0.15, -0.1) is 0 Å². The maximum Gasteiger partial charge on any atom is 0.193 e. The molecule has 0 aromatic heterocycles. The summed E-state index contributed by atoms with van der Waals surface area (Å²) >= 11 is 0. The Kier molecular flexibility index (Phi) is 5.45. The molecule has 110 valence electrons. The van der Waals surface area contributed by atoms with Gasteiger partial charge in [0, 0.05) is 45.3 Å². The topological polar surface area (TPSA) is 34.1 Å². The van der Waals surface area contributed by atoms with E-state index in [-0.39, 0.29) is 0 Å². The number of aliphatic imine (C=N–C) groups is 1. The van der Waals surface area contributed by atoms with Gasteiger partial charge in [-0.3, -0.25) is 9.89 Å². The van der Waals surface area contributed by atoms with Gasteiger partial charge in [-0.2, -0.15) is 0 Å². The van der Waals surface area contributed by atoms with Crippen LogP contribution in [0.5, 0.6) is 0 Å². The van der Waals surface area contributed by atoms with Gasteiger partial charge < -0.3 is 15.1 Å². The molecule has 5 nitrogen and oxygen atoms in total. The van der Waals surface area contributed by atoms with Gasteiger partial charge in [0.2, 0.25) is 0 Å². The molecule has 5 heteroatoms. The SMILES string of the molecule is CCNC(=NCC1CN(C)CCN1C)N1CCCC1. The van der Waals surface area contributed by atoms with Crippen LogP contribution in [0.15, 0.2) is 4.99 Å². The summed E-state index contributed by atoms with van der Waals surface area (Å²) in [5.41, 5.74) is 0. The van der Waals surface area contributed by atoms with Gasteiger partial charge in [0.25, 0.3) is 0 Å². The number of rotatable bonds is 3. The van der Waals surface area contributed by atoms with Crippen molar-refractivity contribution < 1.29 is 0 Å². The lowest BCUT2D eigenvalue weighted by Gasteiger charge is -2.37. The van der Waals surface area contributed by atoms with Gasteiger partial charge in [-0.25, -0.2) is 0 Å². The summed E-state index contributed by atoms with van der Waals surface area (Å²) in [6.07, 6.45) is 2.60. The van der Waals surface area contributed by atoms with Crippen molar-refractivity contribution in [3.63, 3.8) is 0 Å². The van der Waals surface area contributed by atoms with Crippen molar-refractivity contribution in [2.24, 2.45) is 4.99 Å². The molecule has 0 amide bonds. The Balaban J connectivity index is 1.92. The van der Waals surface area contributed by atoms with Crippen LogP contribution >= 0.6 is 0 Å². The minimum Gasteiger partial charge on any atom is -0.357 e. The number of likely N-dealkylation sites (tertiary alicyclic amines) is 1. The highest BCUT2D eigenvalue weighted by molar-refractivity contribution is 5.80. The molecule has 2 heterocycles. The Labute approximate surface area is 117 Å².